The summed E-state index contributed by atoms with van der Waals surface area (Å²) in [4.78, 5) is 12.6. The lowest BCUT2D eigenvalue weighted by Gasteiger charge is -2.21. The monoisotopic (exact) mass is 454 g/mol. The van der Waals surface area contributed by atoms with Crippen molar-refractivity contribution in [2.45, 2.75) is 38.7 Å². The minimum atomic E-state index is -3.77. The molecule has 0 aliphatic heterocycles. The molecule has 0 spiro atoms. The number of hydrogen-bond donors (Lipinski definition) is 1. The summed E-state index contributed by atoms with van der Waals surface area (Å²) in [5.41, 5.74) is 0.329. The summed E-state index contributed by atoms with van der Waals surface area (Å²) in [5, 5.41) is 3.20. The first-order valence-electron chi connectivity index (χ1n) is 9.72. The average molecular weight is 455 g/mol. The zero-order valence-corrected chi connectivity index (χ0v) is 19.1. The second kappa shape index (κ2) is 10.7. The number of halogens is 1. The molecule has 1 N–H and O–H groups in total. The lowest BCUT2D eigenvalue weighted by atomic mass is 10.2. The van der Waals surface area contributed by atoms with E-state index < -0.39 is 22.0 Å². The molecule has 0 saturated carbocycles. The van der Waals surface area contributed by atoms with Crippen molar-refractivity contribution in [3.8, 4) is 11.5 Å². The van der Waals surface area contributed by atoms with Crippen molar-refractivity contribution in [2.75, 3.05) is 25.0 Å². The smallest absolute Gasteiger partial charge is 0.265 e. The van der Waals surface area contributed by atoms with Crippen molar-refractivity contribution in [2.24, 2.45) is 0 Å². The number of sulfonamides is 1. The van der Waals surface area contributed by atoms with Crippen molar-refractivity contribution in [1.29, 1.82) is 0 Å². The van der Waals surface area contributed by atoms with E-state index >= 15 is 0 Å². The molecule has 1 amide bonds. The van der Waals surface area contributed by atoms with Gasteiger partial charge in [0, 0.05) is 23.8 Å². The molecular weight excluding hydrogens is 428 g/mol. The van der Waals surface area contributed by atoms with Crippen molar-refractivity contribution in [1.82, 2.24) is 4.31 Å². The lowest BCUT2D eigenvalue weighted by molar-refractivity contribution is -0.122. The summed E-state index contributed by atoms with van der Waals surface area (Å²) >= 11 is 5.93. The summed E-state index contributed by atoms with van der Waals surface area (Å²) < 4.78 is 38.5. The second-order valence-corrected chi connectivity index (χ2v) is 8.73. The van der Waals surface area contributed by atoms with Gasteiger partial charge in [-0.3, -0.25) is 4.79 Å². The molecule has 7 nitrogen and oxygen atoms in total. The van der Waals surface area contributed by atoms with Crippen molar-refractivity contribution in [3.05, 3.63) is 47.5 Å². The van der Waals surface area contributed by atoms with Gasteiger partial charge in [0.2, 0.25) is 10.0 Å². The third kappa shape index (κ3) is 5.87. The topological polar surface area (TPSA) is 84.9 Å². The van der Waals surface area contributed by atoms with Gasteiger partial charge in [-0.1, -0.05) is 31.5 Å². The fourth-order valence-electron chi connectivity index (χ4n) is 2.81. The van der Waals surface area contributed by atoms with Crippen LogP contribution in [0.4, 0.5) is 5.69 Å². The van der Waals surface area contributed by atoms with Crippen LogP contribution in [-0.4, -0.2) is 44.4 Å². The second-order valence-electron chi connectivity index (χ2n) is 6.39. The first-order valence-corrected chi connectivity index (χ1v) is 11.5. The Balaban J connectivity index is 2.26. The van der Waals surface area contributed by atoms with Crippen LogP contribution < -0.4 is 14.8 Å². The zero-order chi connectivity index (χ0) is 22.3. The molecule has 0 heterocycles. The van der Waals surface area contributed by atoms with E-state index in [2.05, 4.69) is 5.32 Å². The SMILES string of the molecule is CCOc1ccc(NC(=O)[C@H](C)Oc2cccc(Cl)c2)cc1S(=O)(=O)N(CC)CC. The van der Waals surface area contributed by atoms with Crippen LogP contribution in [0, 0.1) is 0 Å². The van der Waals surface area contributed by atoms with Crippen LogP contribution in [-0.2, 0) is 14.8 Å². The van der Waals surface area contributed by atoms with Crippen molar-refractivity contribution < 1.29 is 22.7 Å². The highest BCUT2D eigenvalue weighted by Crippen LogP contribution is 2.30. The Kier molecular flexibility index (Phi) is 8.52. The molecule has 2 aromatic rings. The molecule has 0 bridgehead atoms. The first kappa shape index (κ1) is 24.0. The third-order valence-corrected chi connectivity index (χ3v) is 6.62. The minimum Gasteiger partial charge on any atom is -0.492 e. The summed E-state index contributed by atoms with van der Waals surface area (Å²) in [7, 11) is -3.77. The Morgan fingerprint density at radius 1 is 1.13 bits per heavy atom. The lowest BCUT2D eigenvalue weighted by Crippen LogP contribution is -2.32. The maximum absolute atomic E-state index is 13.0. The van der Waals surface area contributed by atoms with Crippen molar-refractivity contribution >= 4 is 33.2 Å². The van der Waals surface area contributed by atoms with E-state index in [0.29, 0.717) is 36.2 Å². The molecule has 30 heavy (non-hydrogen) atoms. The number of benzene rings is 2. The molecule has 0 unspecified atom stereocenters. The van der Waals surface area contributed by atoms with Gasteiger partial charge in [-0.05, 0) is 50.2 Å². The molecule has 9 heteroatoms. The van der Waals surface area contributed by atoms with Crippen LogP contribution in [0.25, 0.3) is 0 Å². The predicted molar refractivity (Wildman–Crippen MR) is 118 cm³/mol. The zero-order valence-electron chi connectivity index (χ0n) is 17.5. The molecule has 0 radical (unpaired) electrons. The molecular formula is C21H27ClN2O5S. The molecule has 0 aliphatic rings. The van der Waals surface area contributed by atoms with Gasteiger partial charge in [0.05, 0.1) is 6.61 Å². The summed E-state index contributed by atoms with van der Waals surface area (Å²) in [6, 6.07) is 11.3. The highest BCUT2D eigenvalue weighted by molar-refractivity contribution is 7.89. The molecule has 2 rings (SSSR count). The summed E-state index contributed by atoms with van der Waals surface area (Å²) in [6.07, 6.45) is -0.821. The van der Waals surface area contributed by atoms with Crippen LogP contribution in [0.5, 0.6) is 11.5 Å². The van der Waals surface area contributed by atoms with Crippen molar-refractivity contribution in [3.63, 3.8) is 0 Å². The molecule has 164 valence electrons. The van der Waals surface area contributed by atoms with Crippen LogP contribution in [0.15, 0.2) is 47.4 Å². The van der Waals surface area contributed by atoms with Gasteiger partial charge < -0.3 is 14.8 Å². The number of hydrogen-bond acceptors (Lipinski definition) is 5. The highest BCUT2D eigenvalue weighted by Gasteiger charge is 2.27. The predicted octanol–water partition coefficient (Wildman–Crippen LogP) is 4.18. The normalized spacial score (nSPS) is 12.5. The average Bonchev–Trinajstić information content (AvgIpc) is 2.70. The Labute approximate surface area is 183 Å². The van der Waals surface area contributed by atoms with Gasteiger partial charge in [0.25, 0.3) is 5.91 Å². The maximum Gasteiger partial charge on any atom is 0.265 e. The summed E-state index contributed by atoms with van der Waals surface area (Å²) in [6.45, 7) is 7.87. The van der Waals surface area contributed by atoms with E-state index in [4.69, 9.17) is 21.1 Å². The van der Waals surface area contributed by atoms with E-state index in [1.54, 1.807) is 58.0 Å². The quantitative estimate of drug-likeness (QED) is 0.582. The highest BCUT2D eigenvalue weighted by atomic mass is 35.5. The largest absolute Gasteiger partial charge is 0.492 e. The van der Waals surface area contributed by atoms with Gasteiger partial charge in [-0.15, -0.1) is 0 Å². The number of carbonyl (C=O) groups is 1. The summed E-state index contributed by atoms with van der Waals surface area (Å²) in [5.74, 6) is 0.276. The van der Waals surface area contributed by atoms with E-state index in [9.17, 15) is 13.2 Å². The molecule has 0 fully saturated rings. The number of nitrogens with zero attached hydrogens (tertiary/aromatic N) is 1. The van der Waals surface area contributed by atoms with Crippen LogP contribution in [0.1, 0.15) is 27.7 Å². The van der Waals surface area contributed by atoms with E-state index in [1.807, 2.05) is 0 Å². The number of amides is 1. The molecule has 2 aromatic carbocycles. The fourth-order valence-corrected chi connectivity index (χ4v) is 4.60. The third-order valence-electron chi connectivity index (χ3n) is 4.31. The van der Waals surface area contributed by atoms with Crippen LogP contribution in [0.2, 0.25) is 5.02 Å². The molecule has 0 aliphatic carbocycles. The number of carbonyl (C=O) groups excluding carboxylic acids is 1. The Bertz CT molecular complexity index is 977. The van der Waals surface area contributed by atoms with Gasteiger partial charge in [0.15, 0.2) is 6.10 Å². The van der Waals surface area contributed by atoms with Crippen LogP contribution in [0.3, 0.4) is 0 Å². The van der Waals surface area contributed by atoms with Gasteiger partial charge in [-0.25, -0.2) is 8.42 Å². The Morgan fingerprint density at radius 2 is 1.83 bits per heavy atom. The standard InChI is InChI=1S/C21H27ClN2O5S/c1-5-24(6-2)30(26,27)20-14-17(11-12-19(20)28-7-3)23-21(25)15(4)29-18-10-8-9-16(22)13-18/h8-15H,5-7H2,1-4H3,(H,23,25)/t15-/m0/s1. The maximum atomic E-state index is 13.0. The Morgan fingerprint density at radius 3 is 2.43 bits per heavy atom. The van der Waals surface area contributed by atoms with Gasteiger partial charge >= 0.3 is 0 Å². The number of anilines is 1. The van der Waals surface area contributed by atoms with Crippen LogP contribution >= 0.6 is 11.6 Å². The van der Waals surface area contributed by atoms with Gasteiger partial charge in [0.1, 0.15) is 16.4 Å². The number of nitrogens with one attached hydrogen (secondary N) is 1. The van der Waals surface area contributed by atoms with E-state index in [0.717, 1.165) is 0 Å². The Hall–Kier alpha value is -2.29. The fraction of sp³-hybridized carbons (Fsp3) is 0.381. The first-order chi connectivity index (χ1) is 14.2. The molecule has 0 saturated heterocycles. The number of ether oxygens (including phenoxy) is 2. The number of rotatable bonds is 10. The van der Waals surface area contributed by atoms with E-state index in [1.165, 1.54) is 16.4 Å². The minimum absolute atomic E-state index is 0.00858. The van der Waals surface area contributed by atoms with Gasteiger partial charge in [-0.2, -0.15) is 4.31 Å². The molecule has 1 atom stereocenters. The van der Waals surface area contributed by atoms with E-state index in [-0.39, 0.29) is 10.6 Å². The molecule has 0 aromatic heterocycles.